The molecule has 0 heterocycles. The summed E-state index contributed by atoms with van der Waals surface area (Å²) in [4.78, 5) is 47.4. The van der Waals surface area contributed by atoms with Crippen LogP contribution in [0.5, 0.6) is 0 Å². The van der Waals surface area contributed by atoms with Crippen molar-refractivity contribution in [1.82, 2.24) is 19.6 Å². The van der Waals surface area contributed by atoms with Crippen LogP contribution < -0.4 is 20.4 Å². The minimum absolute atomic E-state index is 0. The van der Waals surface area contributed by atoms with E-state index in [4.69, 9.17) is 20.4 Å². The van der Waals surface area contributed by atoms with Gasteiger partial charge in [0.15, 0.2) is 0 Å². The second kappa shape index (κ2) is 47.5. The van der Waals surface area contributed by atoms with Crippen molar-refractivity contribution in [2.24, 2.45) is 0 Å². The molecule has 0 aromatic heterocycles. The SMILES string of the molecule is CC(C)N(C(C)C)C(C)C.CC(C)N(C(C)C)C(C)C.CC(C)N(C(C)C)C(C)C.CC(C)N(C(C)C)C(C)C.CC(O)C(=O)[O-].CC(O)C(=O)[O-].CC(O)C(=O)[O-].CC(O)C(=O)[O-].[Zr+4]. The maximum absolute atomic E-state index is 9.34. The smallest absolute Gasteiger partial charge is 0.547 e. The van der Waals surface area contributed by atoms with Crippen molar-refractivity contribution < 1.29 is 86.2 Å². The summed E-state index contributed by atoms with van der Waals surface area (Å²) in [6, 6.07) is 8.00. The maximum Gasteiger partial charge on any atom is 4.00 e. The van der Waals surface area contributed by atoms with Gasteiger partial charge < -0.3 is 60.0 Å². The molecule has 0 spiro atoms. The van der Waals surface area contributed by atoms with E-state index >= 15 is 0 Å². The number of carbonyl (C=O) groups is 4. The second-order valence-corrected chi connectivity index (χ2v) is 18.9. The fourth-order valence-electron chi connectivity index (χ4n) is 7.16. The molecule has 0 aromatic rings. The Morgan fingerprint density at radius 3 is 0.292 bits per heavy atom. The van der Waals surface area contributed by atoms with E-state index in [0.29, 0.717) is 72.5 Å². The van der Waals surface area contributed by atoms with E-state index in [2.05, 4.69) is 186 Å². The third-order valence-corrected chi connectivity index (χ3v) is 8.52. The Labute approximate surface area is 418 Å². The van der Waals surface area contributed by atoms with Crippen molar-refractivity contribution in [3.63, 3.8) is 0 Å². The number of aliphatic hydroxyl groups is 4. The molecule has 0 radical (unpaired) electrons. The molecule has 4 atom stereocenters. The minimum atomic E-state index is -1.44. The van der Waals surface area contributed by atoms with Gasteiger partial charge in [-0.3, -0.25) is 19.6 Å². The standard InChI is InChI=1S/4C9H21N.4C3H6O3.Zr/c4*1-7(2)10(8(3)4)9(5)6;4*1-2(4)3(5)6;/h4*7-9H,1-6H3;4*2,4H,1H3,(H,5,6);/q;;;;;;;;+4/p-4. The molecule has 65 heavy (non-hydrogen) atoms. The first kappa shape index (κ1) is 83.5. The number of hydrogen-bond acceptors (Lipinski definition) is 16. The predicted octanol–water partition coefficient (Wildman–Crippen LogP) is 2.52. The van der Waals surface area contributed by atoms with Crippen LogP contribution in [0.1, 0.15) is 194 Å². The van der Waals surface area contributed by atoms with Crippen LogP contribution in [0.15, 0.2) is 0 Å². The number of hydrogen-bond donors (Lipinski definition) is 4. The van der Waals surface area contributed by atoms with Gasteiger partial charge in [-0.1, -0.05) is 0 Å². The van der Waals surface area contributed by atoms with Crippen LogP contribution in [0.3, 0.4) is 0 Å². The maximum atomic E-state index is 9.34. The largest absolute Gasteiger partial charge is 4.00 e. The van der Waals surface area contributed by atoms with E-state index in [1.165, 1.54) is 0 Å². The fraction of sp³-hybridized carbons (Fsp3) is 0.917. The van der Waals surface area contributed by atoms with Crippen molar-refractivity contribution in [2.75, 3.05) is 0 Å². The Hall–Kier alpha value is -1.56. The number of carbonyl (C=O) groups excluding carboxylic acids is 4. The molecule has 0 saturated heterocycles. The van der Waals surface area contributed by atoms with Crippen molar-refractivity contribution >= 4 is 23.9 Å². The number of aliphatic hydroxyl groups excluding tert-OH is 4. The Bertz CT molecular complexity index is 854. The molecule has 4 N–H and O–H groups in total. The van der Waals surface area contributed by atoms with Crippen LogP contribution in [0.25, 0.3) is 0 Å². The molecule has 0 saturated carbocycles. The molecule has 17 heteroatoms. The van der Waals surface area contributed by atoms with Gasteiger partial charge in [-0.25, -0.2) is 0 Å². The average molecular weight is 1020 g/mol. The summed E-state index contributed by atoms with van der Waals surface area (Å²) in [6.07, 6.45) is -5.37. The van der Waals surface area contributed by atoms with Gasteiger partial charge in [0.05, 0.1) is 48.3 Å². The molecule has 392 valence electrons. The Morgan fingerprint density at radius 2 is 0.292 bits per heavy atom. The Kier molecular flexibility index (Phi) is 61.0. The molecule has 16 nitrogen and oxygen atoms in total. The minimum Gasteiger partial charge on any atom is -0.547 e. The van der Waals surface area contributed by atoms with Gasteiger partial charge >= 0.3 is 26.2 Å². The van der Waals surface area contributed by atoms with Gasteiger partial charge in [-0.05, 0) is 194 Å². The third-order valence-electron chi connectivity index (χ3n) is 8.52. The van der Waals surface area contributed by atoms with Crippen LogP contribution >= 0.6 is 0 Å². The van der Waals surface area contributed by atoms with Crippen LogP contribution in [-0.4, -0.2) is 161 Å². The van der Waals surface area contributed by atoms with Gasteiger partial charge in [-0.2, -0.15) is 0 Å². The first-order valence-corrected chi connectivity index (χ1v) is 23.1. The van der Waals surface area contributed by atoms with Gasteiger partial charge in [0.25, 0.3) is 0 Å². The van der Waals surface area contributed by atoms with Gasteiger partial charge in [0.1, 0.15) is 0 Å². The number of carboxylic acids is 4. The van der Waals surface area contributed by atoms with Crippen molar-refractivity contribution in [2.45, 2.75) is 291 Å². The van der Waals surface area contributed by atoms with E-state index < -0.39 is 48.3 Å². The first-order chi connectivity index (χ1) is 28.4. The zero-order valence-electron chi connectivity index (χ0n) is 46.6. The quantitative estimate of drug-likeness (QED) is 0.173. The topological polar surface area (TPSA) is 254 Å². The fourth-order valence-corrected chi connectivity index (χ4v) is 7.16. The van der Waals surface area contributed by atoms with Crippen molar-refractivity contribution in [1.29, 1.82) is 0 Å². The number of nitrogens with zero attached hydrogens (tertiary/aromatic N) is 4. The monoisotopic (exact) mass is 1020 g/mol. The molecule has 0 aliphatic rings. The molecule has 0 aliphatic carbocycles. The average Bonchev–Trinajstić information content (AvgIpc) is 3.04. The van der Waals surface area contributed by atoms with Gasteiger partial charge in [0.2, 0.25) is 0 Å². The zero-order valence-corrected chi connectivity index (χ0v) is 49.0. The zero-order chi connectivity index (χ0) is 53.9. The van der Waals surface area contributed by atoms with Crippen molar-refractivity contribution in [3.8, 4) is 0 Å². The summed E-state index contributed by atoms with van der Waals surface area (Å²) in [5, 5.41) is 69.2. The normalized spacial score (nSPS) is 12.8. The Morgan fingerprint density at radius 1 is 0.246 bits per heavy atom. The van der Waals surface area contributed by atoms with Crippen LogP contribution in [-0.2, 0) is 45.4 Å². The summed E-state index contributed by atoms with van der Waals surface area (Å²) < 4.78 is 0. The third kappa shape index (κ3) is 58.5. The van der Waals surface area contributed by atoms with Crippen LogP contribution in [0.4, 0.5) is 0 Å². The van der Waals surface area contributed by atoms with Crippen LogP contribution in [0.2, 0.25) is 0 Å². The molecule has 0 amide bonds. The molecule has 0 fully saturated rings. The molecule has 0 bridgehead atoms. The molecule has 4 unspecified atom stereocenters. The van der Waals surface area contributed by atoms with E-state index in [0.717, 1.165) is 27.7 Å². The molecule has 0 rings (SSSR count). The van der Waals surface area contributed by atoms with Crippen molar-refractivity contribution in [3.05, 3.63) is 0 Å². The summed E-state index contributed by atoms with van der Waals surface area (Å²) in [6.45, 7) is 58.5. The molecular weight excluding hydrogens is 916 g/mol. The summed E-state index contributed by atoms with van der Waals surface area (Å²) in [7, 11) is 0. The molecule has 0 aliphatic heterocycles. The second-order valence-electron chi connectivity index (χ2n) is 18.9. The number of aliphatic carboxylic acids is 4. The Balaban J connectivity index is -0.0000000795. The summed E-state index contributed by atoms with van der Waals surface area (Å²) in [5.41, 5.74) is 0. The van der Waals surface area contributed by atoms with Gasteiger partial charge in [-0.15, -0.1) is 0 Å². The predicted molar refractivity (Wildman–Crippen MR) is 256 cm³/mol. The van der Waals surface area contributed by atoms with Gasteiger partial charge in [0, 0.05) is 72.5 Å². The summed E-state index contributed by atoms with van der Waals surface area (Å²) >= 11 is 0. The summed E-state index contributed by atoms with van der Waals surface area (Å²) in [5.74, 6) is -5.74. The van der Waals surface area contributed by atoms with E-state index in [1.807, 2.05) is 0 Å². The molecule has 0 aromatic carbocycles. The van der Waals surface area contributed by atoms with Crippen LogP contribution in [0, 0.1) is 0 Å². The van der Waals surface area contributed by atoms with E-state index in [1.54, 1.807) is 0 Å². The number of carboxylic acid groups (broad SMARTS) is 4. The first-order valence-electron chi connectivity index (χ1n) is 23.1. The van der Waals surface area contributed by atoms with E-state index in [-0.39, 0.29) is 26.2 Å². The number of rotatable bonds is 16. The molecular formula is C48H104N4O12Zr. The van der Waals surface area contributed by atoms with E-state index in [9.17, 15) is 39.6 Å².